The van der Waals surface area contributed by atoms with Gasteiger partial charge in [-0.15, -0.1) is 0 Å². The van der Waals surface area contributed by atoms with E-state index in [4.69, 9.17) is 17.3 Å². The van der Waals surface area contributed by atoms with Gasteiger partial charge in [0, 0.05) is 20.6 Å². The Morgan fingerprint density at radius 2 is 2.11 bits per heavy atom. The number of benzene rings is 1. The van der Waals surface area contributed by atoms with Gasteiger partial charge in [0.15, 0.2) is 0 Å². The van der Waals surface area contributed by atoms with Crippen LogP contribution in [0.3, 0.4) is 0 Å². The van der Waals surface area contributed by atoms with E-state index in [2.05, 4.69) is 27.9 Å². The predicted molar refractivity (Wildman–Crippen MR) is 89.5 cm³/mol. The van der Waals surface area contributed by atoms with Crippen LogP contribution in [0.5, 0.6) is 0 Å². The Labute approximate surface area is 133 Å². The normalized spacial score (nSPS) is 13.9. The molecule has 0 heterocycles. The van der Waals surface area contributed by atoms with Crippen molar-refractivity contribution in [3.8, 4) is 0 Å². The van der Waals surface area contributed by atoms with Gasteiger partial charge in [0.25, 0.3) is 0 Å². The van der Waals surface area contributed by atoms with Crippen molar-refractivity contribution in [1.82, 2.24) is 0 Å². The van der Waals surface area contributed by atoms with Crippen LogP contribution in [0.1, 0.15) is 33.1 Å². The average molecular weight is 395 g/mol. The lowest BCUT2D eigenvalue weighted by Crippen LogP contribution is -2.22. The molecule has 0 saturated heterocycles. The summed E-state index contributed by atoms with van der Waals surface area (Å²) in [5.41, 5.74) is 6.51. The third-order valence-electron chi connectivity index (χ3n) is 2.93. The zero-order valence-electron chi connectivity index (χ0n) is 11.2. The van der Waals surface area contributed by atoms with Crippen LogP contribution < -0.4 is 11.1 Å². The molecule has 2 atom stereocenters. The molecule has 3 N–H and O–H groups in total. The van der Waals surface area contributed by atoms with Crippen molar-refractivity contribution in [2.24, 2.45) is 11.7 Å². The van der Waals surface area contributed by atoms with E-state index in [-0.39, 0.29) is 17.9 Å². The maximum absolute atomic E-state index is 12.0. The fourth-order valence-electron chi connectivity index (χ4n) is 1.72. The predicted octanol–water partition coefficient (Wildman–Crippen LogP) is 4.04. The van der Waals surface area contributed by atoms with E-state index in [1.165, 1.54) is 0 Å². The number of halogens is 2. The molecule has 0 aliphatic rings. The van der Waals surface area contributed by atoms with Crippen molar-refractivity contribution in [3.05, 3.63) is 26.8 Å². The van der Waals surface area contributed by atoms with E-state index in [0.717, 1.165) is 28.5 Å². The largest absolute Gasteiger partial charge is 0.328 e. The molecular weight excluding hydrogens is 375 g/mol. The molecule has 0 aliphatic carbocycles. The van der Waals surface area contributed by atoms with Gasteiger partial charge in [-0.05, 0) is 60.6 Å². The van der Waals surface area contributed by atoms with Crippen LogP contribution in [-0.2, 0) is 4.79 Å². The molecule has 0 aromatic heterocycles. The number of rotatable bonds is 6. The van der Waals surface area contributed by atoms with Crippen molar-refractivity contribution in [2.75, 3.05) is 5.32 Å². The molecule has 0 saturated carbocycles. The first-order chi connectivity index (χ1) is 8.90. The van der Waals surface area contributed by atoms with Crippen molar-refractivity contribution in [1.29, 1.82) is 0 Å². The van der Waals surface area contributed by atoms with Crippen molar-refractivity contribution in [2.45, 2.75) is 39.2 Å². The van der Waals surface area contributed by atoms with E-state index >= 15 is 0 Å². The van der Waals surface area contributed by atoms with E-state index in [9.17, 15) is 4.79 Å². The number of hydrogen-bond acceptors (Lipinski definition) is 2. The van der Waals surface area contributed by atoms with E-state index in [1.54, 1.807) is 6.07 Å². The summed E-state index contributed by atoms with van der Waals surface area (Å²) >= 11 is 8.05. The third kappa shape index (κ3) is 6.10. The fourth-order valence-corrected chi connectivity index (χ4v) is 2.73. The van der Waals surface area contributed by atoms with Crippen LogP contribution in [-0.4, -0.2) is 11.9 Å². The summed E-state index contributed by atoms with van der Waals surface area (Å²) in [5, 5.41) is 3.61. The Hall–Kier alpha value is -0.330. The third-order valence-corrected chi connectivity index (χ3v) is 4.06. The first-order valence-electron chi connectivity index (χ1n) is 6.41. The van der Waals surface area contributed by atoms with Crippen molar-refractivity contribution >= 4 is 45.8 Å². The average Bonchev–Trinajstić information content (AvgIpc) is 2.32. The first-order valence-corrected chi connectivity index (χ1v) is 7.87. The lowest BCUT2D eigenvalue weighted by molar-refractivity contribution is -0.119. The monoisotopic (exact) mass is 394 g/mol. The zero-order valence-corrected chi connectivity index (χ0v) is 14.2. The summed E-state index contributed by atoms with van der Waals surface area (Å²) in [5.74, 6) is 0.0372. The number of nitrogens with two attached hydrogens (primary N) is 1. The molecular formula is C14H20ClIN2O. The summed E-state index contributed by atoms with van der Waals surface area (Å²) in [6.45, 7) is 3.93. The Morgan fingerprint density at radius 1 is 1.42 bits per heavy atom. The lowest BCUT2D eigenvalue weighted by Gasteiger charge is -2.14. The second-order valence-corrected chi connectivity index (χ2v) is 6.52. The van der Waals surface area contributed by atoms with Gasteiger partial charge in [-0.25, -0.2) is 0 Å². The van der Waals surface area contributed by atoms with Gasteiger partial charge in [0.2, 0.25) is 5.91 Å². The zero-order chi connectivity index (χ0) is 14.4. The quantitative estimate of drug-likeness (QED) is 0.716. The van der Waals surface area contributed by atoms with Gasteiger partial charge in [0.1, 0.15) is 0 Å². The second kappa shape index (κ2) is 8.07. The molecule has 5 heteroatoms. The number of nitrogens with one attached hydrogen (secondary N) is 1. The van der Waals surface area contributed by atoms with Crippen molar-refractivity contribution < 1.29 is 4.79 Å². The molecule has 106 valence electrons. The molecule has 0 spiro atoms. The SMILES string of the molecule is CC(N)CCCC(C)C(=O)Nc1ccc(Cl)cc1I. The second-order valence-electron chi connectivity index (χ2n) is 4.92. The molecule has 0 fully saturated rings. The highest BCUT2D eigenvalue weighted by molar-refractivity contribution is 14.1. The Morgan fingerprint density at radius 3 is 2.68 bits per heavy atom. The van der Waals surface area contributed by atoms with Gasteiger partial charge in [-0.2, -0.15) is 0 Å². The fraction of sp³-hybridized carbons (Fsp3) is 0.500. The van der Waals surface area contributed by atoms with Gasteiger partial charge in [0.05, 0.1) is 5.69 Å². The van der Waals surface area contributed by atoms with E-state index < -0.39 is 0 Å². The lowest BCUT2D eigenvalue weighted by atomic mass is 10.0. The topological polar surface area (TPSA) is 55.1 Å². The summed E-state index contributed by atoms with van der Waals surface area (Å²) in [7, 11) is 0. The van der Waals surface area contributed by atoms with E-state index in [0.29, 0.717) is 5.02 Å². The van der Waals surface area contributed by atoms with Gasteiger partial charge in [-0.3, -0.25) is 4.79 Å². The Kier molecular flexibility index (Phi) is 7.10. The molecule has 1 rings (SSSR count). The maximum Gasteiger partial charge on any atom is 0.227 e. The number of carbonyl (C=O) groups excluding carboxylic acids is 1. The van der Waals surface area contributed by atoms with Crippen LogP contribution in [0.2, 0.25) is 5.02 Å². The molecule has 0 aliphatic heterocycles. The Bertz CT molecular complexity index is 437. The molecule has 2 unspecified atom stereocenters. The van der Waals surface area contributed by atoms with Gasteiger partial charge in [-0.1, -0.05) is 24.9 Å². The number of hydrogen-bond donors (Lipinski definition) is 2. The molecule has 0 radical (unpaired) electrons. The smallest absolute Gasteiger partial charge is 0.227 e. The molecule has 1 aromatic carbocycles. The summed E-state index contributed by atoms with van der Waals surface area (Å²) < 4.78 is 0.946. The Balaban J connectivity index is 2.49. The van der Waals surface area contributed by atoms with Crippen LogP contribution in [0.15, 0.2) is 18.2 Å². The van der Waals surface area contributed by atoms with Crippen LogP contribution in [0.25, 0.3) is 0 Å². The summed E-state index contributed by atoms with van der Waals surface area (Å²) in [6, 6.07) is 5.64. The summed E-state index contributed by atoms with van der Waals surface area (Å²) in [6.07, 6.45) is 2.79. The minimum atomic E-state index is -0.00905. The number of anilines is 1. The highest BCUT2D eigenvalue weighted by Crippen LogP contribution is 2.23. The number of carbonyl (C=O) groups is 1. The standard InChI is InChI=1S/C14H20ClIN2O/c1-9(4-3-5-10(2)17)14(19)18-13-7-6-11(15)8-12(13)16/h6-10H,3-5,17H2,1-2H3,(H,18,19). The highest BCUT2D eigenvalue weighted by Gasteiger charge is 2.14. The van der Waals surface area contributed by atoms with Crippen LogP contribution in [0, 0.1) is 9.49 Å². The van der Waals surface area contributed by atoms with Crippen LogP contribution >= 0.6 is 34.2 Å². The molecule has 19 heavy (non-hydrogen) atoms. The minimum absolute atomic E-state index is 0.00905. The highest BCUT2D eigenvalue weighted by atomic mass is 127. The first kappa shape index (κ1) is 16.7. The summed E-state index contributed by atoms with van der Waals surface area (Å²) in [4.78, 5) is 12.0. The van der Waals surface area contributed by atoms with Crippen molar-refractivity contribution in [3.63, 3.8) is 0 Å². The number of amides is 1. The molecule has 3 nitrogen and oxygen atoms in total. The molecule has 0 bridgehead atoms. The van der Waals surface area contributed by atoms with Gasteiger partial charge < -0.3 is 11.1 Å². The molecule has 1 aromatic rings. The van der Waals surface area contributed by atoms with Crippen LogP contribution in [0.4, 0.5) is 5.69 Å². The maximum atomic E-state index is 12.0. The molecule has 1 amide bonds. The van der Waals surface area contributed by atoms with Gasteiger partial charge >= 0.3 is 0 Å². The minimum Gasteiger partial charge on any atom is -0.328 e. The van der Waals surface area contributed by atoms with E-state index in [1.807, 2.05) is 26.0 Å².